The lowest BCUT2D eigenvalue weighted by Crippen LogP contribution is -2.01. The lowest BCUT2D eigenvalue weighted by atomic mass is 9.94. The van der Waals surface area contributed by atoms with Crippen molar-refractivity contribution < 1.29 is 0 Å². The number of para-hydroxylation sites is 2. The number of aryl methyl sites for hydroxylation is 1. The summed E-state index contributed by atoms with van der Waals surface area (Å²) in [4.78, 5) is 0. The van der Waals surface area contributed by atoms with Crippen LogP contribution in [0.2, 0.25) is 0 Å². The van der Waals surface area contributed by atoms with E-state index >= 15 is 0 Å². The minimum absolute atomic E-state index is 0.965. The van der Waals surface area contributed by atoms with Crippen molar-refractivity contribution in [2.75, 3.05) is 0 Å². The summed E-state index contributed by atoms with van der Waals surface area (Å²) in [5, 5.41) is 11.3. The predicted octanol–water partition coefficient (Wildman–Crippen LogP) is 7.87. The summed E-state index contributed by atoms with van der Waals surface area (Å²) in [6.07, 6.45) is 8.41. The Hall–Kier alpha value is -4.50. The average Bonchev–Trinajstić information content (AvgIpc) is 3.27. The van der Waals surface area contributed by atoms with Gasteiger partial charge < -0.3 is 4.57 Å². The van der Waals surface area contributed by atoms with Crippen LogP contribution in [0.1, 0.15) is 17.5 Å². The van der Waals surface area contributed by atoms with Crippen LogP contribution in [0.15, 0.2) is 109 Å². The summed E-state index contributed by atoms with van der Waals surface area (Å²) in [7, 11) is 0. The largest absolute Gasteiger partial charge is 0.309 e. The van der Waals surface area contributed by atoms with Crippen molar-refractivity contribution in [3.63, 3.8) is 0 Å². The first-order valence-electron chi connectivity index (χ1n) is 12.1. The van der Waals surface area contributed by atoms with Gasteiger partial charge in [0, 0.05) is 27.6 Å². The van der Waals surface area contributed by atoms with Crippen molar-refractivity contribution >= 4 is 27.9 Å². The summed E-state index contributed by atoms with van der Waals surface area (Å²) in [6, 6.07) is 34.8. The van der Waals surface area contributed by atoms with E-state index in [1.54, 1.807) is 0 Å². The zero-order valence-electron chi connectivity index (χ0n) is 19.2. The molecule has 0 N–H and O–H groups in total. The van der Waals surface area contributed by atoms with E-state index < -0.39 is 0 Å². The summed E-state index contributed by atoms with van der Waals surface area (Å²) >= 11 is 0. The monoisotopic (exact) mass is 449 g/mol. The number of nitrogens with zero attached hydrogens (tertiary/aromatic N) is 3. The number of rotatable bonds is 3. The maximum Gasteiger partial charge on any atom is 0.100 e. The van der Waals surface area contributed by atoms with Crippen LogP contribution in [0.3, 0.4) is 0 Å². The quantitative estimate of drug-likeness (QED) is 0.275. The number of hydrogen-bond acceptors (Lipinski definition) is 2. The van der Waals surface area contributed by atoms with E-state index in [0.29, 0.717) is 0 Å². The van der Waals surface area contributed by atoms with Gasteiger partial charge >= 0.3 is 0 Å². The molecule has 0 unspecified atom stereocenters. The van der Waals surface area contributed by atoms with Gasteiger partial charge in [0.25, 0.3) is 0 Å². The van der Waals surface area contributed by atoms with Crippen LogP contribution < -0.4 is 0 Å². The van der Waals surface area contributed by atoms with Gasteiger partial charge in [-0.2, -0.15) is 5.10 Å². The van der Waals surface area contributed by atoms with Gasteiger partial charge in [-0.3, -0.25) is 0 Å². The third-order valence-corrected chi connectivity index (χ3v) is 7.03. The summed E-state index contributed by atoms with van der Waals surface area (Å²) in [5.74, 6) is 0. The molecule has 0 radical (unpaired) electrons. The molecule has 0 bridgehead atoms. The first-order valence-corrected chi connectivity index (χ1v) is 12.1. The first kappa shape index (κ1) is 19.9. The third kappa shape index (κ3) is 3.28. The van der Waals surface area contributed by atoms with Crippen LogP contribution in [-0.4, -0.2) is 14.8 Å². The fraction of sp³-hybridized carbons (Fsp3) is 0.0625. The Morgan fingerprint density at radius 1 is 0.629 bits per heavy atom. The van der Waals surface area contributed by atoms with Gasteiger partial charge in [0.15, 0.2) is 0 Å². The number of aromatic nitrogens is 3. The molecule has 0 saturated heterocycles. The summed E-state index contributed by atoms with van der Waals surface area (Å²) in [6.45, 7) is 0. The molecule has 0 atom stereocenters. The van der Waals surface area contributed by atoms with E-state index in [-0.39, 0.29) is 0 Å². The van der Waals surface area contributed by atoms with Crippen molar-refractivity contribution in [2.45, 2.75) is 12.8 Å². The second-order valence-electron chi connectivity index (χ2n) is 9.07. The highest BCUT2D eigenvalue weighted by atomic mass is 15.1. The maximum absolute atomic E-state index is 4.45. The molecule has 0 saturated carbocycles. The molecule has 35 heavy (non-hydrogen) atoms. The van der Waals surface area contributed by atoms with Crippen LogP contribution in [0.25, 0.3) is 56.0 Å². The number of hydrogen-bond donors (Lipinski definition) is 0. The second kappa shape index (κ2) is 8.07. The minimum Gasteiger partial charge on any atom is -0.309 e. The highest BCUT2D eigenvalue weighted by Gasteiger charge is 2.14. The molecule has 7 rings (SSSR count). The Morgan fingerprint density at radius 2 is 1.23 bits per heavy atom. The van der Waals surface area contributed by atoms with E-state index in [2.05, 4.69) is 124 Å². The van der Waals surface area contributed by atoms with Crippen molar-refractivity contribution in [3.8, 4) is 28.1 Å². The molecule has 2 heterocycles. The SMILES string of the molecule is C1=Cc2c(cnnc2-c2ccc(-c3ccc(-n4c5ccccc5c5ccccc54)cc3)cc2)CC1. The lowest BCUT2D eigenvalue weighted by Gasteiger charge is -2.13. The van der Waals surface area contributed by atoms with Gasteiger partial charge in [-0.25, -0.2) is 0 Å². The van der Waals surface area contributed by atoms with Crippen molar-refractivity contribution in [1.29, 1.82) is 0 Å². The molecule has 2 aromatic heterocycles. The fourth-order valence-corrected chi connectivity index (χ4v) is 5.29. The summed E-state index contributed by atoms with van der Waals surface area (Å²) in [5.41, 5.74) is 10.6. The van der Waals surface area contributed by atoms with E-state index in [9.17, 15) is 0 Å². The molecule has 3 heteroatoms. The zero-order chi connectivity index (χ0) is 23.2. The first-order chi connectivity index (χ1) is 17.4. The molecule has 0 spiro atoms. The topological polar surface area (TPSA) is 30.7 Å². The highest BCUT2D eigenvalue weighted by Crippen LogP contribution is 2.33. The lowest BCUT2D eigenvalue weighted by molar-refractivity contribution is 0.928. The van der Waals surface area contributed by atoms with Gasteiger partial charge in [-0.15, -0.1) is 5.10 Å². The van der Waals surface area contributed by atoms with Crippen LogP contribution in [0.4, 0.5) is 0 Å². The molecule has 0 aliphatic heterocycles. The smallest absolute Gasteiger partial charge is 0.100 e. The Bertz CT molecular complexity index is 1670. The molecule has 1 aliphatic carbocycles. The highest BCUT2D eigenvalue weighted by molar-refractivity contribution is 6.09. The van der Waals surface area contributed by atoms with Crippen LogP contribution in [-0.2, 0) is 6.42 Å². The molecule has 0 amide bonds. The number of allylic oxidation sites excluding steroid dienone is 1. The van der Waals surface area contributed by atoms with E-state index in [0.717, 1.165) is 24.1 Å². The Labute approximate surface area is 204 Å². The maximum atomic E-state index is 4.45. The molecule has 0 fully saturated rings. The molecule has 166 valence electrons. The molecule has 6 aromatic rings. The molecule has 3 nitrogen and oxygen atoms in total. The Balaban J connectivity index is 1.25. The molecular formula is C32H23N3. The summed E-state index contributed by atoms with van der Waals surface area (Å²) < 4.78 is 2.35. The van der Waals surface area contributed by atoms with Crippen molar-refractivity contribution in [3.05, 3.63) is 120 Å². The van der Waals surface area contributed by atoms with Crippen molar-refractivity contribution in [1.82, 2.24) is 14.8 Å². The van der Waals surface area contributed by atoms with Gasteiger partial charge in [0.05, 0.1) is 17.2 Å². The average molecular weight is 450 g/mol. The van der Waals surface area contributed by atoms with Gasteiger partial charge in [0.1, 0.15) is 5.69 Å². The zero-order valence-corrected chi connectivity index (χ0v) is 19.2. The number of fused-ring (bicyclic) bond motifs is 4. The molecular weight excluding hydrogens is 426 g/mol. The second-order valence-corrected chi connectivity index (χ2v) is 9.07. The standard InChI is InChI=1S/C32H23N3/c1-2-8-27-25(7-1)21-33-34-32(27)24-15-13-22(14-16-24)23-17-19-26(20-18-23)35-30-11-5-3-9-28(30)29-10-4-6-12-31(29)35/h2-6,8-21H,1,7H2. The molecule has 4 aromatic carbocycles. The third-order valence-electron chi connectivity index (χ3n) is 7.03. The number of benzene rings is 4. The normalized spacial score (nSPS) is 12.8. The minimum atomic E-state index is 0.965. The van der Waals surface area contributed by atoms with Gasteiger partial charge in [-0.1, -0.05) is 84.9 Å². The Kier molecular flexibility index (Phi) is 4.59. The Morgan fingerprint density at radius 3 is 1.91 bits per heavy atom. The predicted molar refractivity (Wildman–Crippen MR) is 145 cm³/mol. The van der Waals surface area contributed by atoms with Gasteiger partial charge in [0.2, 0.25) is 0 Å². The van der Waals surface area contributed by atoms with E-state index in [1.165, 1.54) is 49.7 Å². The molecule has 1 aliphatic rings. The van der Waals surface area contributed by atoms with Crippen LogP contribution in [0, 0.1) is 0 Å². The van der Waals surface area contributed by atoms with Crippen LogP contribution in [0.5, 0.6) is 0 Å². The fourth-order valence-electron chi connectivity index (χ4n) is 5.29. The van der Waals surface area contributed by atoms with Gasteiger partial charge in [-0.05, 0) is 53.8 Å². The van der Waals surface area contributed by atoms with E-state index in [1.807, 2.05) is 6.20 Å². The van der Waals surface area contributed by atoms with Crippen LogP contribution >= 0.6 is 0 Å². The van der Waals surface area contributed by atoms with Crippen molar-refractivity contribution in [2.24, 2.45) is 0 Å². The van der Waals surface area contributed by atoms with E-state index in [4.69, 9.17) is 0 Å².